The van der Waals surface area contributed by atoms with Crippen molar-refractivity contribution < 1.29 is 23.4 Å². The molecule has 0 aliphatic carbocycles. The Balaban J connectivity index is 3.03. The number of aliphatic hydroxyl groups is 2. The average Bonchev–Trinajstić information content (AvgIpc) is 2.47. The summed E-state index contributed by atoms with van der Waals surface area (Å²) in [4.78, 5) is 0. The third-order valence-electron chi connectivity index (χ3n) is 3.60. The lowest BCUT2D eigenvalue weighted by molar-refractivity contribution is -0.213. The summed E-state index contributed by atoms with van der Waals surface area (Å²) in [6, 6.07) is 7.55. The van der Waals surface area contributed by atoms with Crippen LogP contribution in [0.4, 0.5) is 13.2 Å². The van der Waals surface area contributed by atoms with Crippen LogP contribution in [-0.4, -0.2) is 35.1 Å². The van der Waals surface area contributed by atoms with Crippen molar-refractivity contribution >= 4 is 0 Å². The van der Waals surface area contributed by atoms with E-state index in [1.807, 2.05) is 0 Å². The highest BCUT2D eigenvalue weighted by atomic mass is 19.4. The summed E-state index contributed by atoms with van der Waals surface area (Å²) in [5.74, 6) is 0. The zero-order chi connectivity index (χ0) is 15.9. The van der Waals surface area contributed by atoms with Crippen molar-refractivity contribution in [1.82, 2.24) is 5.32 Å². The minimum atomic E-state index is -4.60. The van der Waals surface area contributed by atoms with Crippen LogP contribution < -0.4 is 5.32 Å². The molecule has 2 atom stereocenters. The van der Waals surface area contributed by atoms with Gasteiger partial charge in [0.25, 0.3) is 0 Å². The van der Waals surface area contributed by atoms with Crippen molar-refractivity contribution in [2.75, 3.05) is 13.2 Å². The van der Waals surface area contributed by atoms with E-state index in [-0.39, 0.29) is 6.42 Å². The minimum Gasteiger partial charge on any atom is -0.394 e. The first kappa shape index (κ1) is 17.9. The van der Waals surface area contributed by atoms with Crippen LogP contribution in [0.2, 0.25) is 0 Å². The normalized spacial score (nSPS) is 16.5. The van der Waals surface area contributed by atoms with Crippen molar-refractivity contribution in [3.63, 3.8) is 0 Å². The molecule has 0 saturated carbocycles. The Hall–Kier alpha value is -1.11. The molecule has 21 heavy (non-hydrogen) atoms. The van der Waals surface area contributed by atoms with E-state index in [1.54, 1.807) is 37.3 Å². The Bertz CT molecular complexity index is 411. The largest absolute Gasteiger partial charge is 0.408 e. The lowest BCUT2D eigenvalue weighted by Gasteiger charge is -2.38. The van der Waals surface area contributed by atoms with Gasteiger partial charge in [0.2, 0.25) is 0 Å². The Morgan fingerprint density at radius 2 is 1.76 bits per heavy atom. The van der Waals surface area contributed by atoms with Crippen LogP contribution in [0.3, 0.4) is 0 Å². The number of nitrogens with one attached hydrogen (secondary N) is 1. The van der Waals surface area contributed by atoms with Gasteiger partial charge in [-0.05, 0) is 12.0 Å². The van der Waals surface area contributed by atoms with Crippen LogP contribution in [-0.2, 0) is 0 Å². The van der Waals surface area contributed by atoms with Crippen LogP contribution in [0.5, 0.6) is 0 Å². The van der Waals surface area contributed by atoms with E-state index in [4.69, 9.17) is 0 Å². The molecule has 1 rings (SSSR count). The predicted molar refractivity (Wildman–Crippen MR) is 74.8 cm³/mol. The molecule has 3 nitrogen and oxygen atoms in total. The topological polar surface area (TPSA) is 52.5 Å². The van der Waals surface area contributed by atoms with Gasteiger partial charge in [-0.3, -0.25) is 5.32 Å². The van der Waals surface area contributed by atoms with E-state index < -0.39 is 31.0 Å². The molecule has 0 fully saturated rings. The van der Waals surface area contributed by atoms with Crippen LogP contribution in [0, 0.1) is 0 Å². The zero-order valence-electron chi connectivity index (χ0n) is 12.0. The average molecular weight is 305 g/mol. The molecule has 3 N–H and O–H groups in total. The molecule has 120 valence electrons. The number of aliphatic hydroxyl groups excluding tert-OH is 2. The first-order chi connectivity index (χ1) is 9.90. The molecule has 0 radical (unpaired) electrons. The Kier molecular flexibility index (Phi) is 6.64. The predicted octanol–water partition coefficient (Wildman–Crippen LogP) is 2.79. The Labute approximate surface area is 122 Å². The lowest BCUT2D eigenvalue weighted by atomic mass is 9.90. The second-order valence-corrected chi connectivity index (χ2v) is 5.13. The van der Waals surface area contributed by atoms with Gasteiger partial charge in [-0.15, -0.1) is 0 Å². The Morgan fingerprint density at radius 3 is 2.19 bits per heavy atom. The lowest BCUT2D eigenvalue weighted by Crippen LogP contribution is -2.60. The van der Waals surface area contributed by atoms with Crippen molar-refractivity contribution in [3.8, 4) is 0 Å². The van der Waals surface area contributed by atoms with Gasteiger partial charge in [-0.1, -0.05) is 50.1 Å². The molecule has 6 heteroatoms. The van der Waals surface area contributed by atoms with E-state index in [1.165, 1.54) is 0 Å². The van der Waals surface area contributed by atoms with E-state index in [2.05, 4.69) is 5.32 Å². The van der Waals surface area contributed by atoms with Gasteiger partial charge in [0.05, 0.1) is 19.3 Å². The van der Waals surface area contributed by atoms with Crippen molar-refractivity contribution in [2.24, 2.45) is 0 Å². The van der Waals surface area contributed by atoms with Gasteiger partial charge < -0.3 is 10.2 Å². The molecule has 0 bridgehead atoms. The standard InChI is InChI=1S/C15H22F3NO2/c1-2-3-9-14(11-21,15(16,17)18)19-13(10-20)12-7-5-4-6-8-12/h4-8,13,19-21H,2-3,9-11H2,1H3/t13-,14+/m0/s1. The monoisotopic (exact) mass is 305 g/mol. The van der Waals surface area contributed by atoms with Crippen LogP contribution in [0.25, 0.3) is 0 Å². The van der Waals surface area contributed by atoms with Gasteiger partial charge in [-0.2, -0.15) is 13.2 Å². The molecule has 0 spiro atoms. The highest BCUT2D eigenvalue weighted by molar-refractivity contribution is 5.20. The van der Waals surface area contributed by atoms with E-state index in [0.717, 1.165) is 0 Å². The molecule has 0 aliphatic heterocycles. The zero-order valence-corrected chi connectivity index (χ0v) is 12.0. The molecule has 0 heterocycles. The quantitative estimate of drug-likeness (QED) is 0.692. The van der Waals surface area contributed by atoms with E-state index in [9.17, 15) is 23.4 Å². The summed E-state index contributed by atoms with van der Waals surface area (Å²) in [5.41, 5.74) is -1.84. The van der Waals surface area contributed by atoms with E-state index >= 15 is 0 Å². The minimum absolute atomic E-state index is 0.229. The number of hydrogen-bond donors (Lipinski definition) is 3. The van der Waals surface area contributed by atoms with Crippen molar-refractivity contribution in [1.29, 1.82) is 0 Å². The number of benzene rings is 1. The van der Waals surface area contributed by atoms with Gasteiger partial charge in [0.1, 0.15) is 5.54 Å². The number of halogens is 3. The van der Waals surface area contributed by atoms with Crippen molar-refractivity contribution in [3.05, 3.63) is 35.9 Å². The van der Waals surface area contributed by atoms with Gasteiger partial charge >= 0.3 is 6.18 Å². The molecule has 0 saturated heterocycles. The fourth-order valence-electron chi connectivity index (χ4n) is 2.24. The molecule has 0 unspecified atom stereocenters. The summed E-state index contributed by atoms with van der Waals surface area (Å²) in [7, 11) is 0. The number of alkyl halides is 3. The fourth-order valence-corrected chi connectivity index (χ4v) is 2.24. The summed E-state index contributed by atoms with van der Waals surface area (Å²) in [6.07, 6.45) is -3.90. The summed E-state index contributed by atoms with van der Waals surface area (Å²) < 4.78 is 40.2. The molecular formula is C15H22F3NO2. The van der Waals surface area contributed by atoms with Crippen LogP contribution in [0.1, 0.15) is 37.8 Å². The number of rotatable bonds is 8. The molecule has 0 aromatic heterocycles. The first-order valence-corrected chi connectivity index (χ1v) is 7.01. The maximum atomic E-state index is 13.4. The third-order valence-corrected chi connectivity index (χ3v) is 3.60. The SMILES string of the molecule is CCCC[C@](CO)(N[C@@H](CO)c1ccccc1)C(F)(F)F. The molecule has 1 aromatic carbocycles. The smallest absolute Gasteiger partial charge is 0.394 e. The summed E-state index contributed by atoms with van der Waals surface area (Å²) in [6.45, 7) is 0.257. The fraction of sp³-hybridized carbons (Fsp3) is 0.600. The van der Waals surface area contributed by atoms with Gasteiger partial charge in [0.15, 0.2) is 0 Å². The second-order valence-electron chi connectivity index (χ2n) is 5.13. The summed E-state index contributed by atoms with van der Waals surface area (Å²) >= 11 is 0. The van der Waals surface area contributed by atoms with Crippen LogP contribution in [0.15, 0.2) is 30.3 Å². The number of unbranched alkanes of at least 4 members (excludes halogenated alkanes) is 1. The molecule has 1 aromatic rings. The highest BCUT2D eigenvalue weighted by Crippen LogP contribution is 2.36. The molecule has 0 amide bonds. The number of hydrogen-bond acceptors (Lipinski definition) is 3. The highest BCUT2D eigenvalue weighted by Gasteiger charge is 2.54. The van der Waals surface area contributed by atoms with E-state index in [0.29, 0.717) is 18.4 Å². The van der Waals surface area contributed by atoms with Gasteiger partial charge in [0, 0.05) is 0 Å². The van der Waals surface area contributed by atoms with Gasteiger partial charge in [-0.25, -0.2) is 0 Å². The summed E-state index contributed by atoms with van der Waals surface area (Å²) in [5, 5.41) is 21.2. The molecule has 0 aliphatic rings. The van der Waals surface area contributed by atoms with Crippen LogP contribution >= 0.6 is 0 Å². The molecular weight excluding hydrogens is 283 g/mol. The maximum Gasteiger partial charge on any atom is 0.408 e. The maximum absolute atomic E-state index is 13.4. The van der Waals surface area contributed by atoms with Crippen molar-refractivity contribution in [2.45, 2.75) is 43.9 Å². The second kappa shape index (κ2) is 7.77. The Morgan fingerprint density at radius 1 is 1.14 bits per heavy atom. The first-order valence-electron chi connectivity index (χ1n) is 7.01. The third kappa shape index (κ3) is 4.43.